The van der Waals surface area contributed by atoms with Gasteiger partial charge in [0.2, 0.25) is 5.82 Å². The summed E-state index contributed by atoms with van der Waals surface area (Å²) in [7, 11) is 0. The van der Waals surface area contributed by atoms with E-state index in [1.54, 1.807) is 17.2 Å². The van der Waals surface area contributed by atoms with E-state index in [-0.39, 0.29) is 11.9 Å². The Morgan fingerprint density at radius 2 is 2.00 bits per heavy atom. The molecule has 0 spiro atoms. The van der Waals surface area contributed by atoms with Crippen LogP contribution in [0.3, 0.4) is 0 Å². The van der Waals surface area contributed by atoms with Crippen LogP contribution in [0.1, 0.15) is 33.0 Å². The summed E-state index contributed by atoms with van der Waals surface area (Å²) >= 11 is 0. The Morgan fingerprint density at radius 1 is 1.29 bits per heavy atom. The number of carbonyl (C=O) groups is 1. The fraction of sp³-hybridized carbons (Fsp3) is 0.529. The lowest BCUT2D eigenvalue weighted by Gasteiger charge is -2.26. The number of amides is 1. The molecule has 0 radical (unpaired) electrons. The predicted molar refractivity (Wildman–Crippen MR) is 91.3 cm³/mol. The molecule has 24 heavy (non-hydrogen) atoms. The van der Waals surface area contributed by atoms with Gasteiger partial charge in [0.25, 0.3) is 0 Å². The maximum atomic E-state index is 12.1. The average molecular weight is 329 g/mol. The summed E-state index contributed by atoms with van der Waals surface area (Å²) in [6.45, 7) is 8.24. The number of nitriles is 1. The third kappa shape index (κ3) is 5.77. The van der Waals surface area contributed by atoms with Crippen LogP contribution < -0.4 is 4.90 Å². The minimum Gasteiger partial charge on any atom is -0.444 e. The topological polar surface area (TPSA) is 82.4 Å². The number of hydrogen-bond acceptors (Lipinski definition) is 6. The van der Waals surface area contributed by atoms with Gasteiger partial charge in [0, 0.05) is 32.4 Å². The van der Waals surface area contributed by atoms with Gasteiger partial charge in [-0.3, -0.25) is 0 Å². The Kier molecular flexibility index (Phi) is 7.00. The van der Waals surface area contributed by atoms with Crippen LogP contribution in [0.25, 0.3) is 0 Å². The quantitative estimate of drug-likeness (QED) is 0.733. The zero-order valence-corrected chi connectivity index (χ0v) is 14.4. The van der Waals surface area contributed by atoms with E-state index in [1.165, 1.54) is 0 Å². The number of terminal acetylenes is 1. The lowest BCUT2D eigenvalue weighted by atomic mass is 10.2. The molecule has 1 aliphatic rings. The molecule has 0 aromatic carbocycles. The molecule has 1 amide bonds. The van der Waals surface area contributed by atoms with Gasteiger partial charge in [-0.25, -0.2) is 14.8 Å². The van der Waals surface area contributed by atoms with Gasteiger partial charge in [-0.15, -0.1) is 12.8 Å². The smallest absolute Gasteiger partial charge is 0.410 e. The second kappa shape index (κ2) is 8.73. The fourth-order valence-electron chi connectivity index (χ4n) is 2.23. The van der Waals surface area contributed by atoms with Crippen molar-refractivity contribution in [3.8, 4) is 18.9 Å². The summed E-state index contributed by atoms with van der Waals surface area (Å²) in [5.74, 6) is 0.878. The zero-order valence-electron chi connectivity index (χ0n) is 14.4. The van der Waals surface area contributed by atoms with Crippen LogP contribution in [0.2, 0.25) is 0 Å². The molecule has 0 N–H and O–H groups in total. The molecule has 2 heterocycles. The van der Waals surface area contributed by atoms with Gasteiger partial charge in [-0.1, -0.05) is 0 Å². The Morgan fingerprint density at radius 3 is 2.62 bits per heavy atom. The predicted octanol–water partition coefficient (Wildman–Crippen LogP) is 2.04. The molecule has 0 aliphatic carbocycles. The van der Waals surface area contributed by atoms with Crippen LogP contribution in [0.5, 0.6) is 0 Å². The number of aromatic nitrogens is 2. The average Bonchev–Trinajstić information content (AvgIpc) is 2.81. The third-order valence-corrected chi connectivity index (χ3v) is 3.21. The summed E-state index contributed by atoms with van der Waals surface area (Å²) in [6, 6.07) is 3.72. The number of ether oxygens (including phenoxy) is 1. The zero-order chi connectivity index (χ0) is 18.2. The molecule has 1 aromatic heterocycles. The van der Waals surface area contributed by atoms with Crippen molar-refractivity contribution in [2.45, 2.75) is 32.8 Å². The lowest BCUT2D eigenvalue weighted by Crippen LogP contribution is -2.39. The van der Waals surface area contributed by atoms with Crippen LogP contribution in [0, 0.1) is 24.2 Å². The molecule has 128 valence electrons. The van der Waals surface area contributed by atoms with Crippen molar-refractivity contribution in [2.75, 3.05) is 31.1 Å². The highest BCUT2D eigenvalue weighted by atomic mass is 16.6. The monoisotopic (exact) mass is 329 g/mol. The van der Waals surface area contributed by atoms with E-state index in [1.807, 2.05) is 26.8 Å². The maximum absolute atomic E-state index is 12.1. The largest absolute Gasteiger partial charge is 0.444 e. The number of carbonyl (C=O) groups excluding carboxylic acids is 1. The van der Waals surface area contributed by atoms with Gasteiger partial charge >= 0.3 is 6.09 Å². The highest BCUT2D eigenvalue weighted by Crippen LogP contribution is 2.15. The number of nitrogens with zero attached hydrogens (tertiary/aromatic N) is 5. The third-order valence-electron chi connectivity index (χ3n) is 3.21. The first-order chi connectivity index (χ1) is 11.4. The molecule has 1 aromatic rings. The van der Waals surface area contributed by atoms with Crippen LogP contribution in [-0.4, -0.2) is 52.7 Å². The van der Waals surface area contributed by atoms with Crippen LogP contribution >= 0.6 is 0 Å². The Balaban J connectivity index is 0.00000139. The Bertz CT molecular complexity index is 615. The number of hydrogen-bond donors (Lipinski definition) is 0. The van der Waals surface area contributed by atoms with Crippen LogP contribution in [-0.2, 0) is 4.74 Å². The van der Waals surface area contributed by atoms with E-state index < -0.39 is 5.60 Å². The summed E-state index contributed by atoms with van der Waals surface area (Å²) in [5, 5.41) is 8.88. The molecular weight excluding hydrogens is 306 g/mol. The van der Waals surface area contributed by atoms with Gasteiger partial charge in [-0.2, -0.15) is 5.26 Å². The highest BCUT2D eigenvalue weighted by Gasteiger charge is 2.24. The van der Waals surface area contributed by atoms with E-state index >= 15 is 0 Å². The van der Waals surface area contributed by atoms with Crippen LogP contribution in [0.4, 0.5) is 10.6 Å². The molecule has 0 atom stereocenters. The Labute approximate surface area is 143 Å². The Hall–Kier alpha value is -2.80. The van der Waals surface area contributed by atoms with Gasteiger partial charge in [-0.05, 0) is 33.3 Å². The molecule has 7 nitrogen and oxygen atoms in total. The maximum Gasteiger partial charge on any atom is 0.410 e. The van der Waals surface area contributed by atoms with Crippen molar-refractivity contribution in [3.63, 3.8) is 0 Å². The molecule has 1 aliphatic heterocycles. The molecular formula is C17H23N5O2. The molecule has 7 heteroatoms. The van der Waals surface area contributed by atoms with Gasteiger partial charge in [0.1, 0.15) is 17.5 Å². The van der Waals surface area contributed by atoms with Crippen molar-refractivity contribution in [1.29, 1.82) is 5.26 Å². The number of anilines is 1. The minimum absolute atomic E-state index is 0.158. The summed E-state index contributed by atoms with van der Waals surface area (Å²) in [6.07, 6.45) is 10.1. The summed E-state index contributed by atoms with van der Waals surface area (Å²) < 4.78 is 5.41. The molecule has 2 rings (SSSR count). The van der Waals surface area contributed by atoms with Crippen molar-refractivity contribution in [2.24, 2.45) is 0 Å². The SMILES string of the molecule is C#C.CC(C)(C)OC(=O)N1CCCN(c2ccnc(C#N)n2)CC1. The summed E-state index contributed by atoms with van der Waals surface area (Å²) in [4.78, 5) is 24.0. The van der Waals surface area contributed by atoms with E-state index in [0.717, 1.165) is 18.8 Å². The lowest BCUT2D eigenvalue weighted by molar-refractivity contribution is 0.0263. The van der Waals surface area contributed by atoms with Crippen LogP contribution in [0.15, 0.2) is 12.3 Å². The molecule has 0 unspecified atom stereocenters. The first-order valence-corrected chi connectivity index (χ1v) is 7.68. The van der Waals surface area contributed by atoms with E-state index in [4.69, 9.17) is 10.00 Å². The summed E-state index contributed by atoms with van der Waals surface area (Å²) in [5.41, 5.74) is -0.489. The minimum atomic E-state index is -0.489. The van der Waals surface area contributed by atoms with Gasteiger partial charge in [0.15, 0.2) is 0 Å². The van der Waals surface area contributed by atoms with Gasteiger partial charge < -0.3 is 14.5 Å². The van der Waals surface area contributed by atoms with Crippen molar-refractivity contribution in [1.82, 2.24) is 14.9 Å². The first kappa shape index (κ1) is 19.2. The molecule has 0 bridgehead atoms. The first-order valence-electron chi connectivity index (χ1n) is 7.68. The normalized spacial score (nSPS) is 14.7. The van der Waals surface area contributed by atoms with Crippen molar-refractivity contribution < 1.29 is 9.53 Å². The second-order valence-electron chi connectivity index (χ2n) is 6.16. The molecule has 1 saturated heterocycles. The van der Waals surface area contributed by atoms with E-state index in [9.17, 15) is 4.79 Å². The molecule has 0 saturated carbocycles. The van der Waals surface area contributed by atoms with Crippen molar-refractivity contribution in [3.05, 3.63) is 18.1 Å². The fourth-order valence-corrected chi connectivity index (χ4v) is 2.23. The highest BCUT2D eigenvalue weighted by molar-refractivity contribution is 5.68. The standard InChI is InChI=1S/C15H21N5O2.C2H2/c1-15(2,3)22-14(21)20-8-4-7-19(9-10-20)13-5-6-17-12(11-16)18-13;1-2/h5-6H,4,7-10H2,1-3H3;1-2H. The van der Waals surface area contributed by atoms with Crippen molar-refractivity contribution >= 4 is 11.9 Å². The van der Waals surface area contributed by atoms with E-state index in [2.05, 4.69) is 27.7 Å². The number of rotatable bonds is 1. The van der Waals surface area contributed by atoms with E-state index in [0.29, 0.717) is 19.6 Å². The molecule has 1 fully saturated rings. The van der Waals surface area contributed by atoms with Gasteiger partial charge in [0.05, 0.1) is 0 Å². The second-order valence-corrected chi connectivity index (χ2v) is 6.16.